The lowest BCUT2D eigenvalue weighted by Gasteiger charge is -2.37. The Morgan fingerprint density at radius 2 is 2.56 bits per heavy atom. The fourth-order valence-corrected chi connectivity index (χ4v) is 2.59. The molecule has 2 atom stereocenters. The topological polar surface area (TPSA) is 84.2 Å². The van der Waals surface area contributed by atoms with Gasteiger partial charge >= 0.3 is 0 Å². The number of piperidine rings is 1. The van der Waals surface area contributed by atoms with E-state index in [1.807, 2.05) is 6.20 Å². The van der Waals surface area contributed by atoms with Gasteiger partial charge < -0.3 is 15.5 Å². The molecule has 1 saturated heterocycles. The molecule has 0 bridgehead atoms. The smallest absolute Gasteiger partial charge is 0.217 e. The number of nitrogens with two attached hydrogens (primary N) is 1. The number of hydrogen-bond acceptors (Lipinski definition) is 4. The lowest BCUT2D eigenvalue weighted by molar-refractivity contribution is -0.121. The summed E-state index contributed by atoms with van der Waals surface area (Å²) in [7, 11) is 1.70. The molecule has 100 valence electrons. The Labute approximate surface area is 107 Å². The van der Waals surface area contributed by atoms with E-state index in [2.05, 4.69) is 14.9 Å². The van der Waals surface area contributed by atoms with Gasteiger partial charge in [0.2, 0.25) is 5.91 Å². The molecule has 1 aromatic heterocycles. The summed E-state index contributed by atoms with van der Waals surface area (Å²) < 4.78 is 5.43. The molecule has 6 nitrogen and oxygen atoms in total. The molecule has 1 fully saturated rings. The number of hydrogen-bond donors (Lipinski definition) is 2. The second-order valence-electron chi connectivity index (χ2n) is 4.76. The highest BCUT2D eigenvalue weighted by Crippen LogP contribution is 2.23. The van der Waals surface area contributed by atoms with E-state index in [0.29, 0.717) is 6.42 Å². The van der Waals surface area contributed by atoms with E-state index < -0.39 is 0 Å². The van der Waals surface area contributed by atoms with Gasteiger partial charge in [0, 0.05) is 44.9 Å². The predicted octanol–water partition coefficient (Wildman–Crippen LogP) is 0.122. The number of ether oxygens (including phenoxy) is 1. The SMILES string of the molecule is CO[C@@H]1CCN(Cc2ncc[nH]2)C[C@H]1CC(N)=O. The number of aromatic nitrogens is 2. The Hall–Kier alpha value is -1.40. The number of nitrogens with one attached hydrogen (secondary N) is 1. The Balaban J connectivity index is 1.93. The van der Waals surface area contributed by atoms with Gasteiger partial charge in [0.1, 0.15) is 5.82 Å². The Morgan fingerprint density at radius 3 is 3.17 bits per heavy atom. The van der Waals surface area contributed by atoms with Crippen LogP contribution in [0.15, 0.2) is 12.4 Å². The normalized spacial score (nSPS) is 25.2. The molecule has 3 N–H and O–H groups in total. The number of carbonyl (C=O) groups excluding carboxylic acids is 1. The van der Waals surface area contributed by atoms with E-state index in [4.69, 9.17) is 10.5 Å². The van der Waals surface area contributed by atoms with E-state index in [9.17, 15) is 4.79 Å². The molecule has 1 amide bonds. The van der Waals surface area contributed by atoms with Crippen LogP contribution in [-0.4, -0.2) is 47.1 Å². The molecule has 2 heterocycles. The highest BCUT2D eigenvalue weighted by molar-refractivity contribution is 5.74. The third-order valence-corrected chi connectivity index (χ3v) is 3.44. The summed E-state index contributed by atoms with van der Waals surface area (Å²) in [5.74, 6) is 0.863. The number of aromatic amines is 1. The van der Waals surface area contributed by atoms with Gasteiger partial charge in [-0.3, -0.25) is 9.69 Å². The number of nitrogens with zero attached hydrogens (tertiary/aromatic N) is 2. The van der Waals surface area contributed by atoms with E-state index in [1.165, 1.54) is 0 Å². The number of imidazole rings is 1. The quantitative estimate of drug-likeness (QED) is 0.779. The summed E-state index contributed by atoms with van der Waals surface area (Å²) in [5, 5.41) is 0. The zero-order chi connectivity index (χ0) is 13.0. The van der Waals surface area contributed by atoms with Crippen molar-refractivity contribution in [1.29, 1.82) is 0 Å². The second-order valence-corrected chi connectivity index (χ2v) is 4.76. The monoisotopic (exact) mass is 252 g/mol. The molecular weight excluding hydrogens is 232 g/mol. The lowest BCUT2D eigenvalue weighted by atomic mass is 9.91. The molecule has 1 aromatic rings. The first-order valence-corrected chi connectivity index (χ1v) is 6.20. The summed E-state index contributed by atoms with van der Waals surface area (Å²) in [6, 6.07) is 0. The van der Waals surface area contributed by atoms with Crippen molar-refractivity contribution in [2.24, 2.45) is 11.7 Å². The van der Waals surface area contributed by atoms with Crippen LogP contribution in [0, 0.1) is 5.92 Å². The van der Waals surface area contributed by atoms with E-state index in [0.717, 1.165) is 31.9 Å². The number of likely N-dealkylation sites (tertiary alicyclic amines) is 1. The molecule has 1 aliphatic rings. The molecule has 0 unspecified atom stereocenters. The number of primary amides is 1. The van der Waals surface area contributed by atoms with Crippen molar-refractivity contribution >= 4 is 5.91 Å². The average molecular weight is 252 g/mol. The van der Waals surface area contributed by atoms with Crippen LogP contribution in [0.2, 0.25) is 0 Å². The van der Waals surface area contributed by atoms with Crippen molar-refractivity contribution in [3.8, 4) is 0 Å². The number of carbonyl (C=O) groups is 1. The van der Waals surface area contributed by atoms with Crippen molar-refractivity contribution in [3.05, 3.63) is 18.2 Å². The Kier molecular flexibility index (Phi) is 4.33. The van der Waals surface area contributed by atoms with E-state index in [1.54, 1.807) is 13.3 Å². The maximum absolute atomic E-state index is 11.1. The van der Waals surface area contributed by atoms with Gasteiger partial charge in [-0.05, 0) is 6.42 Å². The zero-order valence-electron chi connectivity index (χ0n) is 10.6. The molecule has 18 heavy (non-hydrogen) atoms. The number of rotatable bonds is 5. The standard InChI is InChI=1S/C12H20N4O2/c1-18-10-2-5-16(7-9(10)6-11(13)17)8-12-14-3-4-15-12/h3-4,9-10H,2,5-8H2,1H3,(H2,13,17)(H,14,15)/t9-,10-/m1/s1. The fourth-order valence-electron chi connectivity index (χ4n) is 2.59. The summed E-state index contributed by atoms with van der Waals surface area (Å²) in [6.45, 7) is 2.55. The third-order valence-electron chi connectivity index (χ3n) is 3.44. The highest BCUT2D eigenvalue weighted by Gasteiger charge is 2.30. The number of amides is 1. The molecule has 0 aliphatic carbocycles. The van der Waals surface area contributed by atoms with Crippen LogP contribution in [0.3, 0.4) is 0 Å². The molecule has 1 aliphatic heterocycles. The first-order chi connectivity index (χ1) is 8.69. The highest BCUT2D eigenvalue weighted by atomic mass is 16.5. The minimum absolute atomic E-state index is 0.130. The largest absolute Gasteiger partial charge is 0.381 e. The van der Waals surface area contributed by atoms with Gasteiger partial charge in [0.25, 0.3) is 0 Å². The summed E-state index contributed by atoms with van der Waals surface area (Å²) >= 11 is 0. The van der Waals surface area contributed by atoms with Crippen molar-refractivity contribution in [2.45, 2.75) is 25.5 Å². The maximum Gasteiger partial charge on any atom is 0.217 e. The summed E-state index contributed by atoms with van der Waals surface area (Å²) in [6.07, 6.45) is 5.00. The molecule has 0 radical (unpaired) electrons. The summed E-state index contributed by atoms with van der Waals surface area (Å²) in [4.78, 5) is 20.7. The zero-order valence-corrected chi connectivity index (χ0v) is 10.6. The van der Waals surface area contributed by atoms with Crippen molar-refractivity contribution in [2.75, 3.05) is 20.2 Å². The van der Waals surface area contributed by atoms with Crippen LogP contribution < -0.4 is 5.73 Å². The lowest BCUT2D eigenvalue weighted by Crippen LogP contribution is -2.45. The number of H-pyrrole nitrogens is 1. The van der Waals surface area contributed by atoms with Crippen LogP contribution in [0.4, 0.5) is 0 Å². The number of methoxy groups -OCH3 is 1. The predicted molar refractivity (Wildman–Crippen MR) is 66.6 cm³/mol. The summed E-state index contributed by atoms with van der Waals surface area (Å²) in [5.41, 5.74) is 5.29. The minimum atomic E-state index is -0.262. The fraction of sp³-hybridized carbons (Fsp3) is 0.667. The minimum Gasteiger partial charge on any atom is -0.381 e. The molecule has 0 aromatic carbocycles. The van der Waals surface area contributed by atoms with Crippen molar-refractivity contribution < 1.29 is 9.53 Å². The van der Waals surface area contributed by atoms with Crippen LogP contribution >= 0.6 is 0 Å². The van der Waals surface area contributed by atoms with E-state index in [-0.39, 0.29) is 17.9 Å². The molecule has 2 rings (SSSR count). The van der Waals surface area contributed by atoms with Crippen molar-refractivity contribution in [3.63, 3.8) is 0 Å². The van der Waals surface area contributed by atoms with Gasteiger partial charge in [0.15, 0.2) is 0 Å². The second kappa shape index (κ2) is 5.97. The van der Waals surface area contributed by atoms with Crippen molar-refractivity contribution in [1.82, 2.24) is 14.9 Å². The third kappa shape index (κ3) is 3.30. The maximum atomic E-state index is 11.1. The first-order valence-electron chi connectivity index (χ1n) is 6.20. The van der Waals surface area contributed by atoms with Crippen LogP contribution in [0.1, 0.15) is 18.7 Å². The van der Waals surface area contributed by atoms with Crippen LogP contribution in [0.5, 0.6) is 0 Å². The Bertz CT molecular complexity index is 379. The van der Waals surface area contributed by atoms with Gasteiger partial charge in [-0.2, -0.15) is 0 Å². The molecule has 0 saturated carbocycles. The van der Waals surface area contributed by atoms with Crippen LogP contribution in [0.25, 0.3) is 0 Å². The molecule has 6 heteroatoms. The Morgan fingerprint density at radius 1 is 1.72 bits per heavy atom. The van der Waals surface area contributed by atoms with Gasteiger partial charge in [-0.15, -0.1) is 0 Å². The van der Waals surface area contributed by atoms with Gasteiger partial charge in [0.05, 0.1) is 12.6 Å². The van der Waals surface area contributed by atoms with Crippen LogP contribution in [-0.2, 0) is 16.1 Å². The van der Waals surface area contributed by atoms with E-state index >= 15 is 0 Å². The first kappa shape index (κ1) is 13.0. The van der Waals surface area contributed by atoms with Gasteiger partial charge in [-0.25, -0.2) is 4.98 Å². The molecule has 0 spiro atoms. The average Bonchev–Trinajstić information content (AvgIpc) is 2.81. The van der Waals surface area contributed by atoms with Gasteiger partial charge in [-0.1, -0.05) is 0 Å². The molecular formula is C12H20N4O2.